The van der Waals surface area contributed by atoms with Crippen LogP contribution in [-0.4, -0.2) is 25.1 Å². The van der Waals surface area contributed by atoms with E-state index in [2.05, 4.69) is 22.5 Å². The molecule has 0 aliphatic rings. The fraction of sp³-hybridized carbons (Fsp3) is 0.111. The molecule has 3 N–H and O–H groups in total. The largest absolute Gasteiger partial charge is 0.481 e. The summed E-state index contributed by atoms with van der Waals surface area (Å²) < 4.78 is 18.5. The zero-order valence-corrected chi connectivity index (χ0v) is 13.4. The minimum absolute atomic E-state index is 0.0164. The molecule has 0 spiro atoms. The van der Waals surface area contributed by atoms with E-state index in [1.165, 1.54) is 18.2 Å². The maximum absolute atomic E-state index is 13.4. The van der Waals surface area contributed by atoms with E-state index in [1.54, 1.807) is 36.4 Å². The summed E-state index contributed by atoms with van der Waals surface area (Å²) in [6.07, 6.45) is 1.57. The van der Waals surface area contributed by atoms with Crippen LogP contribution in [0.15, 0.2) is 61.2 Å². The number of halogens is 1. The molecule has 0 aliphatic carbocycles. The van der Waals surface area contributed by atoms with Gasteiger partial charge in [-0.15, -0.1) is 6.58 Å². The van der Waals surface area contributed by atoms with Crippen molar-refractivity contribution in [3.05, 3.63) is 67.0 Å². The van der Waals surface area contributed by atoms with Gasteiger partial charge >= 0.3 is 6.03 Å². The maximum atomic E-state index is 13.4. The molecule has 0 aromatic heterocycles. The van der Waals surface area contributed by atoms with Crippen LogP contribution < -0.4 is 20.7 Å². The van der Waals surface area contributed by atoms with Crippen molar-refractivity contribution < 1.29 is 18.7 Å². The first-order valence-corrected chi connectivity index (χ1v) is 7.51. The number of amides is 3. The van der Waals surface area contributed by atoms with Gasteiger partial charge in [-0.25, -0.2) is 9.18 Å². The first kappa shape index (κ1) is 18.0. The second-order valence-corrected chi connectivity index (χ2v) is 4.97. The lowest BCUT2D eigenvalue weighted by molar-refractivity contribution is -0.118. The van der Waals surface area contributed by atoms with Crippen LogP contribution in [0.1, 0.15) is 0 Å². The van der Waals surface area contributed by atoms with Crippen molar-refractivity contribution in [2.75, 3.05) is 23.8 Å². The highest BCUT2D eigenvalue weighted by molar-refractivity contribution is 5.93. The van der Waals surface area contributed by atoms with Gasteiger partial charge in [0.1, 0.15) is 0 Å². The van der Waals surface area contributed by atoms with E-state index >= 15 is 0 Å². The molecular formula is C18H18FN3O3. The van der Waals surface area contributed by atoms with E-state index in [9.17, 15) is 14.0 Å². The molecule has 2 rings (SSSR count). The SMILES string of the molecule is C=CCNC(=O)Nc1ccc(NC(=O)COc2ccccc2F)cc1. The summed E-state index contributed by atoms with van der Waals surface area (Å²) in [6, 6.07) is 12.0. The molecule has 0 radical (unpaired) electrons. The zero-order valence-electron chi connectivity index (χ0n) is 13.4. The van der Waals surface area contributed by atoms with Crippen LogP contribution in [0.5, 0.6) is 5.75 Å². The summed E-state index contributed by atoms with van der Waals surface area (Å²) in [5.41, 5.74) is 1.10. The Hall–Kier alpha value is -3.35. The van der Waals surface area contributed by atoms with Crippen molar-refractivity contribution in [2.24, 2.45) is 0 Å². The molecule has 3 amide bonds. The second kappa shape index (κ2) is 9.07. The van der Waals surface area contributed by atoms with Crippen LogP contribution in [0.3, 0.4) is 0 Å². The van der Waals surface area contributed by atoms with Crippen molar-refractivity contribution >= 4 is 23.3 Å². The molecule has 0 aliphatic heterocycles. The van der Waals surface area contributed by atoms with E-state index in [0.717, 1.165) is 0 Å². The molecule has 0 saturated carbocycles. The third kappa shape index (κ3) is 5.98. The Morgan fingerprint density at radius 2 is 1.68 bits per heavy atom. The average molecular weight is 343 g/mol. The summed E-state index contributed by atoms with van der Waals surface area (Å²) in [5, 5.41) is 7.83. The highest BCUT2D eigenvalue weighted by atomic mass is 19.1. The van der Waals surface area contributed by atoms with Crippen molar-refractivity contribution in [3.63, 3.8) is 0 Å². The molecule has 0 heterocycles. The molecule has 0 saturated heterocycles. The number of carbonyl (C=O) groups is 2. The molecule has 7 heteroatoms. The Bertz CT molecular complexity index is 747. The molecular weight excluding hydrogens is 325 g/mol. The second-order valence-electron chi connectivity index (χ2n) is 4.97. The Morgan fingerprint density at radius 3 is 2.32 bits per heavy atom. The monoisotopic (exact) mass is 343 g/mol. The number of benzene rings is 2. The molecule has 2 aromatic rings. The van der Waals surface area contributed by atoms with Gasteiger partial charge in [0.2, 0.25) is 0 Å². The van der Waals surface area contributed by atoms with Crippen molar-refractivity contribution in [2.45, 2.75) is 0 Å². The minimum atomic E-state index is -0.527. The fourth-order valence-electron chi connectivity index (χ4n) is 1.88. The van der Waals surface area contributed by atoms with Gasteiger partial charge in [-0.3, -0.25) is 4.79 Å². The lowest BCUT2D eigenvalue weighted by atomic mass is 10.3. The summed E-state index contributed by atoms with van der Waals surface area (Å²) in [5.74, 6) is -0.934. The van der Waals surface area contributed by atoms with Crippen LogP contribution >= 0.6 is 0 Å². The van der Waals surface area contributed by atoms with Gasteiger partial charge in [0.05, 0.1) is 0 Å². The smallest absolute Gasteiger partial charge is 0.319 e. The van der Waals surface area contributed by atoms with E-state index in [0.29, 0.717) is 17.9 Å². The quantitative estimate of drug-likeness (QED) is 0.676. The molecule has 0 fully saturated rings. The number of rotatable bonds is 7. The van der Waals surface area contributed by atoms with Gasteiger partial charge in [-0.05, 0) is 36.4 Å². The summed E-state index contributed by atoms with van der Waals surface area (Å²) in [4.78, 5) is 23.3. The predicted molar refractivity (Wildman–Crippen MR) is 94.2 cm³/mol. The number of para-hydroxylation sites is 1. The molecule has 130 valence electrons. The first-order valence-electron chi connectivity index (χ1n) is 7.51. The summed E-state index contributed by atoms with van der Waals surface area (Å²) >= 11 is 0. The van der Waals surface area contributed by atoms with Gasteiger partial charge in [0, 0.05) is 17.9 Å². The van der Waals surface area contributed by atoms with Crippen LogP contribution in [0.2, 0.25) is 0 Å². The highest BCUT2D eigenvalue weighted by Crippen LogP contribution is 2.16. The van der Waals surface area contributed by atoms with Crippen LogP contribution in [0, 0.1) is 5.82 Å². The standard InChI is InChI=1S/C18H18FN3O3/c1-2-11-20-18(24)22-14-9-7-13(8-10-14)21-17(23)12-25-16-6-4-3-5-15(16)19/h2-10H,1,11-12H2,(H,21,23)(H2,20,22,24). The number of carbonyl (C=O) groups excluding carboxylic acids is 2. The van der Waals surface area contributed by atoms with Gasteiger partial charge in [0.25, 0.3) is 5.91 Å². The third-order valence-electron chi connectivity index (χ3n) is 3.03. The van der Waals surface area contributed by atoms with Crippen LogP contribution in [-0.2, 0) is 4.79 Å². The van der Waals surface area contributed by atoms with Crippen LogP contribution in [0.4, 0.5) is 20.6 Å². The van der Waals surface area contributed by atoms with E-state index in [4.69, 9.17) is 4.74 Å². The third-order valence-corrected chi connectivity index (χ3v) is 3.03. The zero-order chi connectivity index (χ0) is 18.1. The van der Waals surface area contributed by atoms with E-state index in [-0.39, 0.29) is 18.4 Å². The average Bonchev–Trinajstić information content (AvgIpc) is 2.61. The highest BCUT2D eigenvalue weighted by Gasteiger charge is 2.07. The Labute approximate surface area is 144 Å². The Balaban J connectivity index is 1.82. The number of hydrogen-bond acceptors (Lipinski definition) is 3. The van der Waals surface area contributed by atoms with Gasteiger partial charge in [-0.1, -0.05) is 18.2 Å². The van der Waals surface area contributed by atoms with Gasteiger partial charge < -0.3 is 20.7 Å². The number of urea groups is 1. The normalized spacial score (nSPS) is 9.80. The van der Waals surface area contributed by atoms with Crippen molar-refractivity contribution in [3.8, 4) is 5.75 Å². The fourth-order valence-corrected chi connectivity index (χ4v) is 1.88. The van der Waals surface area contributed by atoms with Crippen LogP contribution in [0.25, 0.3) is 0 Å². The van der Waals surface area contributed by atoms with E-state index < -0.39 is 11.7 Å². The minimum Gasteiger partial charge on any atom is -0.481 e. The molecule has 0 bridgehead atoms. The first-order chi connectivity index (χ1) is 12.1. The molecule has 0 atom stereocenters. The van der Waals surface area contributed by atoms with Crippen molar-refractivity contribution in [1.29, 1.82) is 0 Å². The number of hydrogen-bond donors (Lipinski definition) is 3. The summed E-state index contributed by atoms with van der Waals surface area (Å²) in [7, 11) is 0. The molecule has 25 heavy (non-hydrogen) atoms. The van der Waals surface area contributed by atoms with Crippen molar-refractivity contribution in [1.82, 2.24) is 5.32 Å². The molecule has 0 unspecified atom stereocenters. The summed E-state index contributed by atoms with van der Waals surface area (Å²) in [6.45, 7) is 3.55. The Morgan fingerprint density at radius 1 is 1.04 bits per heavy atom. The lowest BCUT2D eigenvalue weighted by Gasteiger charge is -2.09. The number of nitrogens with one attached hydrogen (secondary N) is 3. The Kier molecular flexibility index (Phi) is 6.53. The maximum Gasteiger partial charge on any atom is 0.319 e. The molecule has 2 aromatic carbocycles. The number of ether oxygens (including phenoxy) is 1. The molecule has 6 nitrogen and oxygen atoms in total. The lowest BCUT2D eigenvalue weighted by Crippen LogP contribution is -2.28. The number of anilines is 2. The van der Waals surface area contributed by atoms with Gasteiger partial charge in [-0.2, -0.15) is 0 Å². The predicted octanol–water partition coefficient (Wildman–Crippen LogP) is 3.15. The van der Waals surface area contributed by atoms with Gasteiger partial charge in [0.15, 0.2) is 18.2 Å². The van der Waals surface area contributed by atoms with E-state index in [1.807, 2.05) is 0 Å². The topological polar surface area (TPSA) is 79.5 Å².